The number of esters is 2. The van der Waals surface area contributed by atoms with Crippen LogP contribution in [0.3, 0.4) is 0 Å². The van der Waals surface area contributed by atoms with Crippen molar-refractivity contribution in [3.05, 3.63) is 98.1 Å². The lowest BCUT2D eigenvalue weighted by molar-refractivity contribution is -0.138. The van der Waals surface area contributed by atoms with Gasteiger partial charge in [0.15, 0.2) is 0 Å². The predicted molar refractivity (Wildman–Crippen MR) is 159 cm³/mol. The van der Waals surface area contributed by atoms with E-state index in [9.17, 15) is 9.59 Å². The molecule has 10 nitrogen and oxygen atoms in total. The molecule has 0 saturated heterocycles. The van der Waals surface area contributed by atoms with Gasteiger partial charge in [0, 0.05) is 12.2 Å². The average molecular weight is 571 g/mol. The molecule has 0 N–H and O–H groups in total. The summed E-state index contributed by atoms with van der Waals surface area (Å²) in [6.45, 7) is 8.46. The molecule has 0 radical (unpaired) electrons. The number of azo groups is 2. The number of carbonyl (C=O) groups excluding carboxylic acids is 2. The van der Waals surface area contributed by atoms with E-state index < -0.39 is 11.9 Å². The number of unbranched alkanes of at least 4 members (excludes halogenated alkanes) is 2. The van der Waals surface area contributed by atoms with Crippen molar-refractivity contribution in [3.8, 4) is 11.5 Å². The van der Waals surface area contributed by atoms with E-state index in [0.29, 0.717) is 49.2 Å². The van der Waals surface area contributed by atoms with Crippen LogP contribution in [0.4, 0.5) is 22.7 Å². The van der Waals surface area contributed by atoms with Crippen molar-refractivity contribution >= 4 is 34.7 Å². The van der Waals surface area contributed by atoms with E-state index in [1.807, 2.05) is 72.8 Å². The van der Waals surface area contributed by atoms with Gasteiger partial charge >= 0.3 is 11.9 Å². The lowest BCUT2D eigenvalue weighted by Gasteiger charge is -2.06. The summed E-state index contributed by atoms with van der Waals surface area (Å²) >= 11 is 0. The molecule has 0 aliphatic carbocycles. The number of carbonyl (C=O) groups is 2. The SMILES string of the molecule is C=CC(=O)OCCCCOc1ccc(/N=N/c2ccc(/N=N/c3ccc(OCCCCOC(=O)C=C)cc3)cc2)cc1. The number of nitrogens with zero attached hydrogens (tertiary/aromatic N) is 4. The number of hydrogen-bond donors (Lipinski definition) is 0. The molecule has 0 aliphatic rings. The average Bonchev–Trinajstić information content (AvgIpc) is 3.03. The minimum Gasteiger partial charge on any atom is -0.494 e. The maximum Gasteiger partial charge on any atom is 0.330 e. The molecule has 0 aliphatic heterocycles. The standard InChI is InChI=1S/C32H34N4O6/c1-3-31(37)41-23-7-5-21-39-29-17-13-27(14-18-29)35-33-25-9-11-26(12-10-25)34-36-28-15-19-30(20-16-28)40-22-6-8-24-42-32(38)4-2/h3-4,9-20H,1-2,5-8,21-24H2/b35-33+,36-34+. The Morgan fingerprint density at radius 2 is 0.786 bits per heavy atom. The second-order valence-corrected chi connectivity index (χ2v) is 8.76. The number of hydrogen-bond acceptors (Lipinski definition) is 10. The summed E-state index contributed by atoms with van der Waals surface area (Å²) in [7, 11) is 0. The molecular weight excluding hydrogens is 536 g/mol. The molecule has 0 unspecified atom stereocenters. The molecule has 218 valence electrons. The largest absolute Gasteiger partial charge is 0.494 e. The van der Waals surface area contributed by atoms with Crippen molar-refractivity contribution in [3.63, 3.8) is 0 Å². The third-order valence-electron chi connectivity index (χ3n) is 5.52. The quantitative estimate of drug-likeness (QED) is 0.0656. The van der Waals surface area contributed by atoms with E-state index in [1.165, 1.54) is 0 Å². The van der Waals surface area contributed by atoms with E-state index in [-0.39, 0.29) is 0 Å². The molecule has 42 heavy (non-hydrogen) atoms. The molecule has 3 rings (SSSR count). The first kappa shape index (κ1) is 31.4. The minimum absolute atomic E-state index is 0.350. The molecule has 0 aromatic heterocycles. The van der Waals surface area contributed by atoms with Crippen LogP contribution in [-0.2, 0) is 19.1 Å². The van der Waals surface area contributed by atoms with E-state index in [0.717, 1.165) is 49.3 Å². The van der Waals surface area contributed by atoms with Crippen molar-refractivity contribution in [2.24, 2.45) is 20.5 Å². The maximum absolute atomic E-state index is 11.0. The number of benzene rings is 3. The molecule has 3 aromatic rings. The van der Waals surface area contributed by atoms with Crippen LogP contribution in [-0.4, -0.2) is 38.4 Å². The fourth-order valence-corrected chi connectivity index (χ4v) is 3.29. The zero-order valence-corrected chi connectivity index (χ0v) is 23.4. The molecule has 0 saturated carbocycles. The second-order valence-electron chi connectivity index (χ2n) is 8.76. The van der Waals surface area contributed by atoms with Gasteiger partial charge in [-0.3, -0.25) is 0 Å². The Balaban J connectivity index is 1.36. The van der Waals surface area contributed by atoms with Crippen LogP contribution in [0, 0.1) is 0 Å². The first-order valence-electron chi connectivity index (χ1n) is 13.5. The smallest absolute Gasteiger partial charge is 0.330 e. The van der Waals surface area contributed by atoms with Crippen LogP contribution in [0.1, 0.15) is 25.7 Å². The van der Waals surface area contributed by atoms with Crippen LogP contribution in [0.25, 0.3) is 0 Å². The molecule has 10 heteroatoms. The summed E-state index contributed by atoms with van der Waals surface area (Å²) < 4.78 is 21.2. The highest BCUT2D eigenvalue weighted by molar-refractivity contribution is 5.81. The van der Waals surface area contributed by atoms with E-state index in [1.54, 1.807) is 0 Å². The normalized spacial score (nSPS) is 10.9. The van der Waals surface area contributed by atoms with Crippen LogP contribution < -0.4 is 9.47 Å². The second kappa shape index (κ2) is 18.3. The van der Waals surface area contributed by atoms with Crippen molar-refractivity contribution in [2.45, 2.75) is 25.7 Å². The predicted octanol–water partition coefficient (Wildman–Crippen LogP) is 8.29. The van der Waals surface area contributed by atoms with Crippen molar-refractivity contribution in [2.75, 3.05) is 26.4 Å². The molecular formula is C32H34N4O6. The fraction of sp³-hybridized carbons (Fsp3) is 0.250. The van der Waals surface area contributed by atoms with Crippen molar-refractivity contribution in [1.29, 1.82) is 0 Å². The Morgan fingerprint density at radius 1 is 0.500 bits per heavy atom. The van der Waals surface area contributed by atoms with Gasteiger partial charge in [0.2, 0.25) is 0 Å². The highest BCUT2D eigenvalue weighted by Crippen LogP contribution is 2.25. The Kier molecular flexibility index (Phi) is 13.7. The van der Waals surface area contributed by atoms with Gasteiger partial charge in [-0.25, -0.2) is 9.59 Å². The summed E-state index contributed by atoms with van der Waals surface area (Å²) in [6, 6.07) is 21.9. The Bertz CT molecular complexity index is 1230. The summed E-state index contributed by atoms with van der Waals surface area (Å²) in [5.41, 5.74) is 2.77. The Morgan fingerprint density at radius 3 is 1.10 bits per heavy atom. The lowest BCUT2D eigenvalue weighted by Crippen LogP contribution is -2.04. The number of ether oxygens (including phenoxy) is 4. The van der Waals surface area contributed by atoms with Gasteiger partial charge < -0.3 is 18.9 Å². The van der Waals surface area contributed by atoms with Gasteiger partial charge in [0.1, 0.15) is 11.5 Å². The topological polar surface area (TPSA) is 120 Å². The van der Waals surface area contributed by atoms with E-state index in [4.69, 9.17) is 18.9 Å². The highest BCUT2D eigenvalue weighted by atomic mass is 16.5. The first-order valence-corrected chi connectivity index (χ1v) is 13.5. The minimum atomic E-state index is -0.414. The van der Waals surface area contributed by atoms with Crippen LogP contribution in [0.2, 0.25) is 0 Å². The Labute approximate surface area is 245 Å². The molecule has 0 heterocycles. The lowest BCUT2D eigenvalue weighted by atomic mass is 10.3. The number of rotatable bonds is 18. The Hall–Kier alpha value is -5.12. The first-order chi connectivity index (χ1) is 20.6. The molecule has 0 fully saturated rings. The third kappa shape index (κ3) is 12.4. The van der Waals surface area contributed by atoms with Crippen molar-refractivity contribution < 1.29 is 28.5 Å². The molecule has 0 bridgehead atoms. The van der Waals surface area contributed by atoms with E-state index in [2.05, 4.69) is 33.6 Å². The van der Waals surface area contributed by atoms with Crippen molar-refractivity contribution in [1.82, 2.24) is 0 Å². The van der Waals surface area contributed by atoms with Gasteiger partial charge in [0.25, 0.3) is 0 Å². The van der Waals surface area contributed by atoms with Crippen LogP contribution in [0.15, 0.2) is 119 Å². The molecule has 0 atom stereocenters. The van der Waals surface area contributed by atoms with Gasteiger partial charge in [-0.2, -0.15) is 20.5 Å². The van der Waals surface area contributed by atoms with Gasteiger partial charge in [0.05, 0.1) is 49.2 Å². The third-order valence-corrected chi connectivity index (χ3v) is 5.52. The summed E-state index contributed by atoms with van der Waals surface area (Å²) in [6.07, 6.45) is 5.27. The summed E-state index contributed by atoms with van der Waals surface area (Å²) in [4.78, 5) is 22.0. The molecule has 0 amide bonds. The van der Waals surface area contributed by atoms with Crippen LogP contribution >= 0.6 is 0 Å². The van der Waals surface area contributed by atoms with E-state index >= 15 is 0 Å². The molecule has 0 spiro atoms. The highest BCUT2D eigenvalue weighted by Gasteiger charge is 2.00. The van der Waals surface area contributed by atoms with Gasteiger partial charge in [-0.1, -0.05) is 13.2 Å². The molecule has 3 aromatic carbocycles. The summed E-state index contributed by atoms with van der Waals surface area (Å²) in [5.74, 6) is 0.635. The monoisotopic (exact) mass is 570 g/mol. The van der Waals surface area contributed by atoms with Gasteiger partial charge in [-0.15, -0.1) is 0 Å². The van der Waals surface area contributed by atoms with Crippen LogP contribution in [0.5, 0.6) is 11.5 Å². The zero-order chi connectivity index (χ0) is 29.8. The van der Waals surface area contributed by atoms with Gasteiger partial charge in [-0.05, 0) is 98.5 Å². The maximum atomic E-state index is 11.0. The zero-order valence-electron chi connectivity index (χ0n) is 23.4. The fourth-order valence-electron chi connectivity index (χ4n) is 3.29. The summed E-state index contributed by atoms with van der Waals surface area (Å²) in [5, 5.41) is 17.1.